The third kappa shape index (κ3) is 4.26. The van der Waals surface area contributed by atoms with E-state index in [2.05, 4.69) is 24.2 Å². The summed E-state index contributed by atoms with van der Waals surface area (Å²) >= 11 is 1.42. The third-order valence-electron chi connectivity index (χ3n) is 4.91. The van der Waals surface area contributed by atoms with E-state index in [1.54, 1.807) is 36.5 Å². The lowest BCUT2D eigenvalue weighted by Crippen LogP contribution is -2.36. The molecule has 146 valence electrons. The monoisotopic (exact) mass is 398 g/mol. The number of aromatic nitrogens is 5. The zero-order valence-corrected chi connectivity index (χ0v) is 16.5. The van der Waals surface area contributed by atoms with Crippen LogP contribution in [0.5, 0.6) is 0 Å². The first kappa shape index (κ1) is 18.7. The van der Waals surface area contributed by atoms with E-state index in [1.807, 2.05) is 12.1 Å². The molecule has 0 amide bonds. The predicted octanol–water partition coefficient (Wildman–Crippen LogP) is 2.22. The van der Waals surface area contributed by atoms with Gasteiger partial charge in [0.2, 0.25) is 5.13 Å². The summed E-state index contributed by atoms with van der Waals surface area (Å²) in [5, 5.41) is 0.949. The van der Waals surface area contributed by atoms with Crippen LogP contribution >= 0.6 is 11.5 Å². The summed E-state index contributed by atoms with van der Waals surface area (Å²) in [6, 6.07) is 5.33. The summed E-state index contributed by atoms with van der Waals surface area (Å²) in [5.74, 6) is 1.18. The van der Waals surface area contributed by atoms with Crippen LogP contribution < -0.4 is 10.5 Å². The summed E-state index contributed by atoms with van der Waals surface area (Å²) in [6.07, 6.45) is 7.09. The maximum absolute atomic E-state index is 12.5. The lowest BCUT2D eigenvalue weighted by Gasteiger charge is -2.31. The molecule has 1 saturated heterocycles. The lowest BCUT2D eigenvalue weighted by atomic mass is 9.97. The van der Waals surface area contributed by atoms with Crippen LogP contribution in [-0.2, 0) is 17.9 Å². The Morgan fingerprint density at radius 3 is 2.89 bits per heavy atom. The standard InChI is InChI=1S/C19H22N6O2S/c1-27-12-17-22-19(28-23-17)24-7-4-14(5-8-24)11-25-13-21-16(9-18(25)26)15-3-2-6-20-10-15/h2-3,6,9-10,13-14H,4-5,7-8,11-12H2,1H3. The van der Waals surface area contributed by atoms with Crippen LogP contribution in [0, 0.1) is 5.92 Å². The molecule has 0 N–H and O–H groups in total. The molecule has 0 unspecified atom stereocenters. The summed E-state index contributed by atoms with van der Waals surface area (Å²) in [6.45, 7) is 2.97. The Balaban J connectivity index is 1.36. The average molecular weight is 398 g/mol. The molecule has 3 aromatic rings. The van der Waals surface area contributed by atoms with Crippen LogP contribution in [0.3, 0.4) is 0 Å². The minimum absolute atomic E-state index is 0.0235. The fourth-order valence-electron chi connectivity index (χ4n) is 3.38. The van der Waals surface area contributed by atoms with Gasteiger partial charge >= 0.3 is 0 Å². The van der Waals surface area contributed by atoms with Crippen molar-refractivity contribution < 1.29 is 4.74 Å². The molecule has 4 rings (SSSR count). The first-order chi connectivity index (χ1) is 13.7. The number of hydrogen-bond acceptors (Lipinski definition) is 8. The molecule has 0 radical (unpaired) electrons. The van der Waals surface area contributed by atoms with Gasteiger partial charge in [0.1, 0.15) is 6.61 Å². The van der Waals surface area contributed by atoms with Crippen molar-refractivity contribution in [2.24, 2.45) is 5.92 Å². The van der Waals surface area contributed by atoms with Gasteiger partial charge in [-0.15, -0.1) is 0 Å². The summed E-state index contributed by atoms with van der Waals surface area (Å²) in [5.41, 5.74) is 1.49. The maximum Gasteiger partial charge on any atom is 0.253 e. The normalized spacial score (nSPS) is 15.1. The van der Waals surface area contributed by atoms with Gasteiger partial charge in [0, 0.05) is 62.3 Å². The zero-order valence-electron chi connectivity index (χ0n) is 15.7. The molecule has 3 aromatic heterocycles. The Bertz CT molecular complexity index is 966. The Morgan fingerprint density at radius 1 is 1.32 bits per heavy atom. The SMILES string of the molecule is COCc1nsc(N2CCC(Cn3cnc(-c4cccnc4)cc3=O)CC2)n1. The predicted molar refractivity (Wildman–Crippen MR) is 107 cm³/mol. The highest BCUT2D eigenvalue weighted by atomic mass is 32.1. The van der Waals surface area contributed by atoms with E-state index in [4.69, 9.17) is 4.74 Å². The second kappa shape index (κ2) is 8.57. The van der Waals surface area contributed by atoms with Crippen molar-refractivity contribution in [1.29, 1.82) is 0 Å². The fraction of sp³-hybridized carbons (Fsp3) is 0.421. The zero-order chi connectivity index (χ0) is 19.3. The van der Waals surface area contributed by atoms with Crippen molar-refractivity contribution in [3.63, 3.8) is 0 Å². The van der Waals surface area contributed by atoms with Gasteiger partial charge in [-0.2, -0.15) is 4.37 Å². The molecule has 0 bridgehead atoms. The quantitative estimate of drug-likeness (QED) is 0.629. The van der Waals surface area contributed by atoms with Crippen LogP contribution in [0.4, 0.5) is 5.13 Å². The number of pyridine rings is 1. The Labute approximate surface area is 167 Å². The van der Waals surface area contributed by atoms with Crippen LogP contribution in [0.2, 0.25) is 0 Å². The van der Waals surface area contributed by atoms with E-state index in [9.17, 15) is 4.79 Å². The van der Waals surface area contributed by atoms with E-state index in [0.29, 0.717) is 24.8 Å². The van der Waals surface area contributed by atoms with E-state index >= 15 is 0 Å². The molecule has 0 spiro atoms. The summed E-state index contributed by atoms with van der Waals surface area (Å²) in [7, 11) is 1.65. The van der Waals surface area contributed by atoms with E-state index in [0.717, 1.165) is 42.5 Å². The van der Waals surface area contributed by atoms with Gasteiger partial charge < -0.3 is 9.64 Å². The summed E-state index contributed by atoms with van der Waals surface area (Å²) < 4.78 is 11.1. The van der Waals surface area contributed by atoms with E-state index in [-0.39, 0.29) is 5.56 Å². The number of nitrogens with zero attached hydrogens (tertiary/aromatic N) is 6. The van der Waals surface area contributed by atoms with Crippen LogP contribution in [-0.4, -0.2) is 44.1 Å². The van der Waals surface area contributed by atoms with Gasteiger partial charge in [-0.05, 0) is 30.9 Å². The van der Waals surface area contributed by atoms with Crippen molar-refractivity contribution in [3.05, 3.63) is 53.1 Å². The maximum atomic E-state index is 12.5. The van der Waals surface area contributed by atoms with Crippen LogP contribution in [0.1, 0.15) is 18.7 Å². The van der Waals surface area contributed by atoms with Crippen molar-refractivity contribution in [2.45, 2.75) is 26.0 Å². The second-order valence-electron chi connectivity index (χ2n) is 6.86. The van der Waals surface area contributed by atoms with Gasteiger partial charge in [-0.1, -0.05) is 0 Å². The van der Waals surface area contributed by atoms with Crippen LogP contribution in [0.15, 0.2) is 41.7 Å². The highest BCUT2D eigenvalue weighted by Crippen LogP contribution is 2.25. The molecule has 1 fully saturated rings. The van der Waals surface area contributed by atoms with Gasteiger partial charge in [0.25, 0.3) is 5.56 Å². The Kier molecular flexibility index (Phi) is 5.73. The molecular formula is C19H22N6O2S. The fourth-order valence-corrected chi connectivity index (χ4v) is 4.11. The van der Waals surface area contributed by atoms with Gasteiger partial charge in [-0.25, -0.2) is 9.97 Å². The number of rotatable bonds is 6. The van der Waals surface area contributed by atoms with Crippen molar-refractivity contribution in [3.8, 4) is 11.3 Å². The van der Waals surface area contributed by atoms with Gasteiger partial charge in [0.05, 0.1) is 12.0 Å². The highest BCUT2D eigenvalue weighted by molar-refractivity contribution is 7.09. The molecule has 1 aliphatic heterocycles. The number of hydrogen-bond donors (Lipinski definition) is 0. The molecular weight excluding hydrogens is 376 g/mol. The van der Waals surface area contributed by atoms with Crippen LogP contribution in [0.25, 0.3) is 11.3 Å². The minimum atomic E-state index is -0.0235. The van der Waals surface area contributed by atoms with Crippen molar-refractivity contribution >= 4 is 16.7 Å². The molecule has 0 saturated carbocycles. The average Bonchev–Trinajstić information content (AvgIpc) is 3.20. The molecule has 0 atom stereocenters. The molecule has 28 heavy (non-hydrogen) atoms. The number of piperidine rings is 1. The lowest BCUT2D eigenvalue weighted by molar-refractivity contribution is 0.179. The smallest absolute Gasteiger partial charge is 0.253 e. The van der Waals surface area contributed by atoms with Crippen molar-refractivity contribution in [2.75, 3.05) is 25.1 Å². The molecule has 9 heteroatoms. The highest BCUT2D eigenvalue weighted by Gasteiger charge is 2.22. The number of methoxy groups -OCH3 is 1. The van der Waals surface area contributed by atoms with E-state index in [1.165, 1.54) is 11.5 Å². The third-order valence-corrected chi connectivity index (χ3v) is 5.72. The first-order valence-electron chi connectivity index (χ1n) is 9.26. The topological polar surface area (TPSA) is 86.0 Å². The molecule has 0 aliphatic carbocycles. The molecule has 8 nitrogen and oxygen atoms in total. The largest absolute Gasteiger partial charge is 0.377 e. The van der Waals surface area contributed by atoms with Crippen molar-refractivity contribution in [1.82, 2.24) is 23.9 Å². The molecule has 1 aliphatic rings. The Hall–Kier alpha value is -2.65. The number of ether oxygens (including phenoxy) is 1. The first-order valence-corrected chi connectivity index (χ1v) is 10.0. The number of anilines is 1. The Morgan fingerprint density at radius 2 is 2.18 bits per heavy atom. The molecule has 4 heterocycles. The van der Waals surface area contributed by atoms with Gasteiger partial charge in [0.15, 0.2) is 5.82 Å². The van der Waals surface area contributed by atoms with Gasteiger partial charge in [-0.3, -0.25) is 14.3 Å². The van der Waals surface area contributed by atoms with E-state index < -0.39 is 0 Å². The molecule has 0 aromatic carbocycles. The summed E-state index contributed by atoms with van der Waals surface area (Å²) in [4.78, 5) is 27.8. The second-order valence-corrected chi connectivity index (χ2v) is 7.59. The minimum Gasteiger partial charge on any atom is -0.377 e.